The Kier molecular flexibility index (Phi) is 4.95. The number of fused-ring (bicyclic) bond motifs is 1. The molecule has 2 fully saturated rings. The Labute approximate surface area is 157 Å². The number of hydrogen-bond donors (Lipinski definition) is 1. The fourth-order valence-electron chi connectivity index (χ4n) is 4.16. The molecule has 0 spiro atoms. The van der Waals surface area contributed by atoms with Crippen molar-refractivity contribution in [2.45, 2.75) is 38.0 Å². The van der Waals surface area contributed by atoms with E-state index in [1.165, 1.54) is 6.07 Å². The first-order valence-electron chi connectivity index (χ1n) is 9.46. The molecular weight excluding hydrogens is 350 g/mol. The molecule has 2 aromatic rings. The highest BCUT2D eigenvalue weighted by atomic mass is 19.1. The van der Waals surface area contributed by atoms with Crippen molar-refractivity contribution in [2.24, 2.45) is 0 Å². The molecule has 1 amide bonds. The van der Waals surface area contributed by atoms with Crippen molar-refractivity contribution >= 4 is 22.5 Å². The van der Waals surface area contributed by atoms with Crippen molar-refractivity contribution in [2.75, 3.05) is 31.5 Å². The van der Waals surface area contributed by atoms with Gasteiger partial charge in [-0.2, -0.15) is 0 Å². The van der Waals surface area contributed by atoms with Crippen LogP contribution in [0.5, 0.6) is 0 Å². The lowest BCUT2D eigenvalue weighted by Crippen LogP contribution is -2.42. The maximum Gasteiger partial charge on any atom is 0.237 e. The number of nitrogens with one attached hydrogen (secondary N) is 1. The molecule has 2 aliphatic rings. The maximum atomic E-state index is 14.2. The largest absolute Gasteiger partial charge is 0.381 e. The number of anilines is 1. The Bertz CT molecular complexity index is 846. The van der Waals surface area contributed by atoms with Crippen molar-refractivity contribution in [3.63, 3.8) is 0 Å². The molecule has 0 radical (unpaired) electrons. The van der Waals surface area contributed by atoms with Gasteiger partial charge in [0, 0.05) is 48.9 Å². The minimum absolute atomic E-state index is 0.00822. The van der Waals surface area contributed by atoms with E-state index in [4.69, 9.17) is 0 Å². The summed E-state index contributed by atoms with van der Waals surface area (Å²) >= 11 is 0. The van der Waals surface area contributed by atoms with E-state index in [-0.39, 0.29) is 30.4 Å². The first-order valence-corrected chi connectivity index (χ1v) is 9.46. The van der Waals surface area contributed by atoms with E-state index in [1.807, 2.05) is 19.1 Å². The van der Waals surface area contributed by atoms with Crippen molar-refractivity contribution in [1.29, 1.82) is 0 Å². The summed E-state index contributed by atoms with van der Waals surface area (Å²) in [6.45, 7) is 3.92. The van der Waals surface area contributed by atoms with Gasteiger partial charge in [-0.3, -0.25) is 14.7 Å². The SMILES string of the molecule is C[C@@H]1C[C@H](F)CN1C(=O)CN1CC[C@@H](Nc2cc(F)c3ncccc3c2)C1. The summed E-state index contributed by atoms with van der Waals surface area (Å²) in [6.07, 6.45) is 1.98. The van der Waals surface area contributed by atoms with Crippen LogP contribution in [0.4, 0.5) is 14.5 Å². The summed E-state index contributed by atoms with van der Waals surface area (Å²) in [5.74, 6) is -0.351. The summed E-state index contributed by atoms with van der Waals surface area (Å²) in [5, 5.41) is 4.13. The maximum absolute atomic E-state index is 14.2. The van der Waals surface area contributed by atoms with Crippen LogP contribution in [0, 0.1) is 5.82 Å². The van der Waals surface area contributed by atoms with Crippen LogP contribution in [0.1, 0.15) is 19.8 Å². The van der Waals surface area contributed by atoms with Gasteiger partial charge in [0.05, 0.1) is 13.1 Å². The molecule has 2 saturated heterocycles. The molecule has 2 aliphatic heterocycles. The molecule has 3 heterocycles. The molecule has 4 rings (SSSR count). The molecule has 0 unspecified atom stereocenters. The van der Waals surface area contributed by atoms with Crippen LogP contribution >= 0.6 is 0 Å². The Morgan fingerprint density at radius 2 is 2.22 bits per heavy atom. The third-order valence-electron chi connectivity index (χ3n) is 5.50. The van der Waals surface area contributed by atoms with Crippen LogP contribution in [-0.2, 0) is 4.79 Å². The number of aromatic nitrogens is 1. The molecule has 0 bridgehead atoms. The monoisotopic (exact) mass is 374 g/mol. The molecule has 1 aromatic carbocycles. The molecule has 0 saturated carbocycles. The first kappa shape index (κ1) is 18.1. The van der Waals surface area contributed by atoms with Gasteiger partial charge in [-0.25, -0.2) is 8.78 Å². The van der Waals surface area contributed by atoms with E-state index in [0.717, 1.165) is 24.0 Å². The number of alkyl halides is 1. The van der Waals surface area contributed by atoms with Gasteiger partial charge in [0.25, 0.3) is 0 Å². The standard InChI is InChI=1S/C20H24F2N4O/c1-13-7-15(21)10-26(13)19(27)12-25-6-4-16(11-25)24-17-8-14-3-2-5-23-20(14)18(22)9-17/h2-3,5,8-9,13,15-16,24H,4,6-7,10-12H2,1H3/t13-,15+,16-/m1/s1. The minimum Gasteiger partial charge on any atom is -0.381 e. The second kappa shape index (κ2) is 7.38. The molecule has 5 nitrogen and oxygen atoms in total. The van der Waals surface area contributed by atoms with Gasteiger partial charge in [0.1, 0.15) is 11.7 Å². The zero-order valence-corrected chi connectivity index (χ0v) is 15.4. The lowest BCUT2D eigenvalue weighted by atomic mass is 10.1. The molecule has 27 heavy (non-hydrogen) atoms. The Morgan fingerprint density at radius 3 is 3.00 bits per heavy atom. The predicted octanol–water partition coefficient (Wildman–Crippen LogP) is 2.82. The summed E-state index contributed by atoms with van der Waals surface area (Å²) in [6, 6.07) is 7.11. The highest BCUT2D eigenvalue weighted by molar-refractivity contribution is 5.83. The number of nitrogens with zero attached hydrogens (tertiary/aromatic N) is 3. The number of carbonyl (C=O) groups is 1. The van der Waals surface area contributed by atoms with Gasteiger partial charge < -0.3 is 10.2 Å². The van der Waals surface area contributed by atoms with Gasteiger partial charge in [-0.15, -0.1) is 0 Å². The fraction of sp³-hybridized carbons (Fsp3) is 0.500. The van der Waals surface area contributed by atoms with Crippen molar-refractivity contribution in [3.8, 4) is 0 Å². The zero-order chi connectivity index (χ0) is 19.0. The average molecular weight is 374 g/mol. The molecule has 1 aromatic heterocycles. The predicted molar refractivity (Wildman–Crippen MR) is 101 cm³/mol. The lowest BCUT2D eigenvalue weighted by molar-refractivity contribution is -0.132. The van der Waals surface area contributed by atoms with E-state index in [1.54, 1.807) is 17.2 Å². The molecule has 1 N–H and O–H groups in total. The van der Waals surface area contributed by atoms with E-state index in [2.05, 4.69) is 15.2 Å². The first-order chi connectivity index (χ1) is 13.0. The molecular formula is C20H24F2N4O. The second-order valence-corrected chi connectivity index (χ2v) is 7.63. The highest BCUT2D eigenvalue weighted by Gasteiger charge is 2.34. The third-order valence-corrected chi connectivity index (χ3v) is 5.50. The zero-order valence-electron chi connectivity index (χ0n) is 15.4. The Balaban J connectivity index is 1.35. The van der Waals surface area contributed by atoms with Crippen molar-refractivity contribution in [3.05, 3.63) is 36.3 Å². The summed E-state index contributed by atoms with van der Waals surface area (Å²) in [4.78, 5) is 20.3. The lowest BCUT2D eigenvalue weighted by Gasteiger charge is -2.24. The number of pyridine rings is 1. The number of halogens is 2. The number of hydrogen-bond acceptors (Lipinski definition) is 4. The van der Waals surface area contributed by atoms with Crippen LogP contribution < -0.4 is 5.32 Å². The number of benzene rings is 1. The van der Waals surface area contributed by atoms with Gasteiger partial charge >= 0.3 is 0 Å². The molecule has 7 heteroatoms. The van der Waals surface area contributed by atoms with Crippen molar-refractivity contribution < 1.29 is 13.6 Å². The minimum atomic E-state index is -0.908. The Hall–Kier alpha value is -2.28. The molecule has 3 atom stereocenters. The third kappa shape index (κ3) is 3.88. The number of rotatable bonds is 4. The number of likely N-dealkylation sites (tertiary alicyclic amines) is 2. The van der Waals surface area contributed by atoms with Crippen LogP contribution in [0.25, 0.3) is 10.9 Å². The number of carbonyl (C=O) groups excluding carboxylic acids is 1. The average Bonchev–Trinajstić information content (AvgIpc) is 3.20. The van der Waals surface area contributed by atoms with Crippen LogP contribution in [-0.4, -0.2) is 65.1 Å². The topological polar surface area (TPSA) is 48.5 Å². The molecule has 0 aliphatic carbocycles. The summed E-state index contributed by atoms with van der Waals surface area (Å²) < 4.78 is 27.7. The van der Waals surface area contributed by atoms with E-state index in [0.29, 0.717) is 25.0 Å². The fourth-order valence-corrected chi connectivity index (χ4v) is 4.16. The summed E-state index contributed by atoms with van der Waals surface area (Å²) in [7, 11) is 0. The highest BCUT2D eigenvalue weighted by Crippen LogP contribution is 2.24. The van der Waals surface area contributed by atoms with Crippen LogP contribution in [0.2, 0.25) is 0 Å². The van der Waals surface area contributed by atoms with Gasteiger partial charge in [-0.1, -0.05) is 6.07 Å². The smallest absolute Gasteiger partial charge is 0.237 e. The normalized spacial score (nSPS) is 26.0. The van der Waals surface area contributed by atoms with E-state index in [9.17, 15) is 13.6 Å². The summed E-state index contributed by atoms with van der Waals surface area (Å²) in [5.41, 5.74) is 1.09. The van der Waals surface area contributed by atoms with E-state index >= 15 is 0 Å². The Morgan fingerprint density at radius 1 is 1.37 bits per heavy atom. The van der Waals surface area contributed by atoms with Gasteiger partial charge in [0.2, 0.25) is 5.91 Å². The van der Waals surface area contributed by atoms with Gasteiger partial charge in [0.15, 0.2) is 5.82 Å². The van der Waals surface area contributed by atoms with Crippen LogP contribution in [0.15, 0.2) is 30.5 Å². The quantitative estimate of drug-likeness (QED) is 0.894. The second-order valence-electron chi connectivity index (χ2n) is 7.63. The van der Waals surface area contributed by atoms with Gasteiger partial charge in [-0.05, 0) is 31.5 Å². The molecule has 144 valence electrons. The van der Waals surface area contributed by atoms with Crippen LogP contribution in [0.3, 0.4) is 0 Å². The number of amides is 1. The van der Waals surface area contributed by atoms with Crippen molar-refractivity contribution in [1.82, 2.24) is 14.8 Å². The van der Waals surface area contributed by atoms with E-state index < -0.39 is 6.17 Å².